The van der Waals surface area contributed by atoms with E-state index in [1.807, 2.05) is 0 Å². The molecule has 104 valence electrons. The van der Waals surface area contributed by atoms with Crippen molar-refractivity contribution in [3.8, 4) is 0 Å². The Balaban J connectivity index is 2.70. The number of benzene rings is 1. The molecule has 1 aromatic carbocycles. The van der Waals surface area contributed by atoms with E-state index in [0.29, 0.717) is 0 Å². The van der Waals surface area contributed by atoms with Crippen molar-refractivity contribution in [1.29, 1.82) is 0 Å². The minimum absolute atomic E-state index is 0.104. The van der Waals surface area contributed by atoms with Gasteiger partial charge in [0.2, 0.25) is 0 Å². The van der Waals surface area contributed by atoms with Gasteiger partial charge in [-0.05, 0) is 17.7 Å². The topological polar surface area (TPSA) is 66.4 Å². The van der Waals surface area contributed by atoms with Crippen LogP contribution < -0.4 is 5.32 Å². The zero-order valence-corrected chi connectivity index (χ0v) is 9.37. The number of alkyl halides is 4. The van der Waals surface area contributed by atoms with Crippen LogP contribution in [0.4, 0.5) is 17.6 Å². The number of hydrogen-bond donors (Lipinski definition) is 2. The highest BCUT2D eigenvalue weighted by atomic mass is 19.3. The van der Waals surface area contributed by atoms with Crippen LogP contribution in [-0.4, -0.2) is 29.3 Å². The first-order chi connectivity index (χ1) is 8.75. The van der Waals surface area contributed by atoms with Crippen LogP contribution in [0.3, 0.4) is 0 Å². The molecule has 4 nitrogen and oxygen atoms in total. The SMILES string of the molecule is O=C(O)c1cccc(CNC(=O)C(F)(F)C(F)F)c1. The number of carbonyl (C=O) groups excluding carboxylic acids is 1. The predicted octanol–water partition coefficient (Wildman–Crippen LogP) is 1.90. The number of carboxylic acids is 1. The molecule has 0 aromatic heterocycles. The van der Waals surface area contributed by atoms with Crippen LogP contribution in [0.15, 0.2) is 24.3 Å². The number of hydrogen-bond acceptors (Lipinski definition) is 2. The van der Waals surface area contributed by atoms with Gasteiger partial charge in [0.15, 0.2) is 0 Å². The normalized spacial score (nSPS) is 11.4. The lowest BCUT2D eigenvalue weighted by atomic mass is 10.1. The molecule has 0 fully saturated rings. The van der Waals surface area contributed by atoms with Gasteiger partial charge in [-0.2, -0.15) is 8.78 Å². The molecular formula is C11H9F4NO3. The summed E-state index contributed by atoms with van der Waals surface area (Å²) in [7, 11) is 0. The quantitative estimate of drug-likeness (QED) is 0.809. The van der Waals surface area contributed by atoms with Crippen molar-refractivity contribution in [1.82, 2.24) is 5.32 Å². The molecule has 1 rings (SSSR count). The van der Waals surface area contributed by atoms with Crippen molar-refractivity contribution in [2.45, 2.75) is 18.9 Å². The van der Waals surface area contributed by atoms with Crippen LogP contribution in [0.5, 0.6) is 0 Å². The summed E-state index contributed by atoms with van der Waals surface area (Å²) in [5, 5.41) is 10.3. The summed E-state index contributed by atoms with van der Waals surface area (Å²) < 4.78 is 48.9. The fourth-order valence-corrected chi connectivity index (χ4v) is 1.21. The van der Waals surface area contributed by atoms with Crippen LogP contribution in [0, 0.1) is 0 Å². The van der Waals surface area contributed by atoms with E-state index in [4.69, 9.17) is 5.11 Å². The molecule has 19 heavy (non-hydrogen) atoms. The highest BCUT2D eigenvalue weighted by Gasteiger charge is 2.48. The fraction of sp³-hybridized carbons (Fsp3) is 0.273. The third kappa shape index (κ3) is 3.67. The maximum Gasteiger partial charge on any atom is 0.383 e. The van der Waals surface area contributed by atoms with Gasteiger partial charge < -0.3 is 10.4 Å². The van der Waals surface area contributed by atoms with E-state index in [0.717, 1.165) is 6.07 Å². The first-order valence-electron chi connectivity index (χ1n) is 5.01. The molecule has 8 heteroatoms. The van der Waals surface area contributed by atoms with Gasteiger partial charge in [0, 0.05) is 6.54 Å². The second kappa shape index (κ2) is 5.68. The van der Waals surface area contributed by atoms with Gasteiger partial charge in [-0.1, -0.05) is 12.1 Å². The lowest BCUT2D eigenvalue weighted by Crippen LogP contribution is -2.44. The van der Waals surface area contributed by atoms with Crippen molar-refractivity contribution >= 4 is 11.9 Å². The Kier molecular flexibility index (Phi) is 4.47. The second-order valence-electron chi connectivity index (χ2n) is 3.61. The number of amides is 1. The maximum atomic E-state index is 12.6. The minimum Gasteiger partial charge on any atom is -0.478 e. The number of carboxylic acid groups (broad SMARTS) is 1. The summed E-state index contributed by atoms with van der Waals surface area (Å²) >= 11 is 0. The lowest BCUT2D eigenvalue weighted by Gasteiger charge is -2.14. The van der Waals surface area contributed by atoms with E-state index in [2.05, 4.69) is 0 Å². The van der Waals surface area contributed by atoms with Gasteiger partial charge in [0.25, 0.3) is 5.91 Å². The molecule has 1 aromatic rings. The summed E-state index contributed by atoms with van der Waals surface area (Å²) in [6, 6.07) is 5.12. The molecule has 0 aliphatic carbocycles. The van der Waals surface area contributed by atoms with Crippen molar-refractivity contribution in [3.05, 3.63) is 35.4 Å². The number of halogens is 4. The molecular weight excluding hydrogens is 270 g/mol. The first-order valence-corrected chi connectivity index (χ1v) is 5.01. The third-order valence-corrected chi connectivity index (χ3v) is 2.20. The molecule has 0 radical (unpaired) electrons. The smallest absolute Gasteiger partial charge is 0.383 e. The zero-order chi connectivity index (χ0) is 14.6. The Morgan fingerprint density at radius 2 is 1.95 bits per heavy atom. The number of nitrogens with one attached hydrogen (secondary N) is 1. The van der Waals surface area contributed by atoms with E-state index < -0.39 is 30.8 Å². The second-order valence-corrected chi connectivity index (χ2v) is 3.61. The number of carbonyl (C=O) groups is 2. The van der Waals surface area contributed by atoms with Crippen LogP contribution >= 0.6 is 0 Å². The summed E-state index contributed by atoms with van der Waals surface area (Å²) in [5.74, 6) is -8.11. The number of rotatable bonds is 5. The molecule has 0 heterocycles. The molecule has 2 N–H and O–H groups in total. The molecule has 1 amide bonds. The van der Waals surface area contributed by atoms with E-state index in [1.165, 1.54) is 18.2 Å². The molecule has 0 saturated carbocycles. The molecule has 0 bridgehead atoms. The Hall–Kier alpha value is -2.12. The molecule has 0 atom stereocenters. The van der Waals surface area contributed by atoms with Gasteiger partial charge >= 0.3 is 18.3 Å². The van der Waals surface area contributed by atoms with Gasteiger partial charge in [0.05, 0.1) is 5.56 Å². The lowest BCUT2D eigenvalue weighted by molar-refractivity contribution is -0.169. The predicted molar refractivity (Wildman–Crippen MR) is 56.2 cm³/mol. The summed E-state index contributed by atoms with van der Waals surface area (Å²) in [6.07, 6.45) is -4.10. The zero-order valence-electron chi connectivity index (χ0n) is 9.37. The average Bonchev–Trinajstić information content (AvgIpc) is 2.35. The minimum atomic E-state index is -4.77. The fourth-order valence-electron chi connectivity index (χ4n) is 1.21. The van der Waals surface area contributed by atoms with E-state index in [9.17, 15) is 27.2 Å². The first kappa shape index (κ1) is 14.9. The van der Waals surface area contributed by atoms with Gasteiger partial charge in [0.1, 0.15) is 0 Å². The van der Waals surface area contributed by atoms with Gasteiger partial charge in [-0.3, -0.25) is 4.79 Å². The maximum absolute atomic E-state index is 12.6. The highest BCUT2D eigenvalue weighted by molar-refractivity contribution is 5.88. The molecule has 0 saturated heterocycles. The summed E-state index contributed by atoms with van der Waals surface area (Å²) in [6.45, 7) is -0.470. The molecule has 0 aliphatic heterocycles. The Morgan fingerprint density at radius 1 is 1.32 bits per heavy atom. The van der Waals surface area contributed by atoms with E-state index in [-0.39, 0.29) is 11.1 Å². The largest absolute Gasteiger partial charge is 0.478 e. The molecule has 0 spiro atoms. The van der Waals surface area contributed by atoms with E-state index in [1.54, 1.807) is 5.32 Å². The van der Waals surface area contributed by atoms with Crippen molar-refractivity contribution < 1.29 is 32.3 Å². The van der Waals surface area contributed by atoms with Crippen molar-refractivity contribution in [3.63, 3.8) is 0 Å². The third-order valence-electron chi connectivity index (χ3n) is 2.20. The van der Waals surface area contributed by atoms with Crippen molar-refractivity contribution in [2.75, 3.05) is 0 Å². The van der Waals surface area contributed by atoms with Crippen molar-refractivity contribution in [2.24, 2.45) is 0 Å². The summed E-state index contributed by atoms with van der Waals surface area (Å²) in [5.41, 5.74) is 0.102. The van der Waals surface area contributed by atoms with Crippen LogP contribution in [0.1, 0.15) is 15.9 Å². The Bertz CT molecular complexity index is 491. The van der Waals surface area contributed by atoms with Gasteiger partial charge in [-0.15, -0.1) is 0 Å². The Labute approximate surface area is 105 Å². The standard InChI is InChI=1S/C11H9F4NO3/c12-9(13)11(14,15)10(19)16-5-6-2-1-3-7(4-6)8(17)18/h1-4,9H,5H2,(H,16,19)(H,17,18). The van der Waals surface area contributed by atoms with Crippen LogP contribution in [0.2, 0.25) is 0 Å². The molecule has 0 aliphatic rings. The number of aromatic carboxylic acids is 1. The monoisotopic (exact) mass is 279 g/mol. The van der Waals surface area contributed by atoms with Crippen LogP contribution in [-0.2, 0) is 11.3 Å². The van der Waals surface area contributed by atoms with Gasteiger partial charge in [-0.25, -0.2) is 13.6 Å². The summed E-state index contributed by atoms with van der Waals surface area (Å²) in [4.78, 5) is 21.5. The van der Waals surface area contributed by atoms with E-state index >= 15 is 0 Å². The molecule has 0 unspecified atom stereocenters. The Morgan fingerprint density at radius 3 is 2.47 bits per heavy atom. The highest BCUT2D eigenvalue weighted by Crippen LogP contribution is 2.22. The average molecular weight is 279 g/mol. The van der Waals surface area contributed by atoms with Crippen LogP contribution in [0.25, 0.3) is 0 Å².